The van der Waals surface area contributed by atoms with E-state index in [0.29, 0.717) is 0 Å². The molecule has 0 bridgehead atoms. The third-order valence-electron chi connectivity index (χ3n) is 2.61. The quantitative estimate of drug-likeness (QED) is 0.385. The van der Waals surface area contributed by atoms with Gasteiger partial charge in [0.15, 0.2) is 5.84 Å². The second-order valence-corrected chi connectivity index (χ2v) is 6.08. The molecule has 0 spiro atoms. The minimum absolute atomic E-state index is 0.136. The number of benzene rings is 2. The number of nitrogens with two attached hydrogens (primary N) is 1. The molecule has 0 radical (unpaired) electrons. The van der Waals surface area contributed by atoms with Crippen LogP contribution in [-0.4, -0.2) is 11.0 Å². The first kappa shape index (κ1) is 14.0. The Bertz CT molecular complexity index is 629. The van der Waals surface area contributed by atoms with Crippen LogP contribution in [0, 0.1) is 6.92 Å². The lowest BCUT2D eigenvalue weighted by molar-refractivity contribution is 0.318. The van der Waals surface area contributed by atoms with E-state index in [1.165, 1.54) is 0 Å². The van der Waals surface area contributed by atoms with Gasteiger partial charge in [-0.2, -0.15) is 0 Å². The highest BCUT2D eigenvalue weighted by Gasteiger charge is 2.05. The van der Waals surface area contributed by atoms with Crippen molar-refractivity contribution in [2.75, 3.05) is 0 Å². The van der Waals surface area contributed by atoms with Gasteiger partial charge in [-0.1, -0.05) is 38.9 Å². The average molecular weight is 337 g/mol. The molecule has 98 valence electrons. The molecule has 5 heteroatoms. The Morgan fingerprint density at radius 1 is 1.21 bits per heavy atom. The summed E-state index contributed by atoms with van der Waals surface area (Å²) < 4.78 is 1.06. The van der Waals surface area contributed by atoms with Crippen LogP contribution in [0.2, 0.25) is 0 Å². The summed E-state index contributed by atoms with van der Waals surface area (Å²) in [4.78, 5) is 2.27. The van der Waals surface area contributed by atoms with Crippen LogP contribution in [0.25, 0.3) is 0 Å². The summed E-state index contributed by atoms with van der Waals surface area (Å²) >= 11 is 5.13. The number of halogens is 1. The highest BCUT2D eigenvalue weighted by Crippen LogP contribution is 2.30. The molecule has 0 aliphatic heterocycles. The standard InChI is InChI=1S/C14H13BrN2OS/c1-9-7-12(5-6-13(9)14(16)17-18)19-11-4-2-3-10(15)8-11/h2-8,18H,1H3,(H2,16,17). The van der Waals surface area contributed by atoms with Gasteiger partial charge in [0.05, 0.1) is 0 Å². The second kappa shape index (κ2) is 6.12. The maximum absolute atomic E-state index is 8.70. The van der Waals surface area contributed by atoms with Gasteiger partial charge in [0.1, 0.15) is 0 Å². The van der Waals surface area contributed by atoms with Gasteiger partial charge in [-0.3, -0.25) is 0 Å². The van der Waals surface area contributed by atoms with E-state index in [4.69, 9.17) is 10.9 Å². The second-order valence-electron chi connectivity index (χ2n) is 4.02. The van der Waals surface area contributed by atoms with E-state index in [0.717, 1.165) is 25.4 Å². The van der Waals surface area contributed by atoms with E-state index in [1.54, 1.807) is 11.8 Å². The van der Waals surface area contributed by atoms with Crippen LogP contribution in [0.5, 0.6) is 0 Å². The fourth-order valence-corrected chi connectivity index (χ4v) is 3.23. The molecule has 0 heterocycles. The molecular weight excluding hydrogens is 324 g/mol. The molecule has 0 aromatic heterocycles. The van der Waals surface area contributed by atoms with Crippen molar-refractivity contribution in [1.82, 2.24) is 0 Å². The first-order valence-corrected chi connectivity index (χ1v) is 7.23. The molecule has 0 aliphatic carbocycles. The maximum Gasteiger partial charge on any atom is 0.170 e. The molecule has 0 amide bonds. The smallest absolute Gasteiger partial charge is 0.170 e. The summed E-state index contributed by atoms with van der Waals surface area (Å²) in [6.07, 6.45) is 0. The van der Waals surface area contributed by atoms with Crippen molar-refractivity contribution >= 4 is 33.5 Å². The fourth-order valence-electron chi connectivity index (χ4n) is 1.71. The van der Waals surface area contributed by atoms with Gasteiger partial charge in [0.2, 0.25) is 0 Å². The molecule has 19 heavy (non-hydrogen) atoms. The van der Waals surface area contributed by atoms with Gasteiger partial charge in [-0.25, -0.2) is 0 Å². The van der Waals surface area contributed by atoms with Crippen LogP contribution >= 0.6 is 27.7 Å². The minimum Gasteiger partial charge on any atom is -0.409 e. The van der Waals surface area contributed by atoms with Crippen LogP contribution in [0.3, 0.4) is 0 Å². The first-order chi connectivity index (χ1) is 9.10. The normalized spacial score (nSPS) is 11.6. The zero-order valence-corrected chi connectivity index (χ0v) is 12.7. The molecule has 0 aliphatic rings. The van der Waals surface area contributed by atoms with Gasteiger partial charge in [0, 0.05) is 19.8 Å². The minimum atomic E-state index is 0.136. The van der Waals surface area contributed by atoms with Gasteiger partial charge in [-0.05, 0) is 48.9 Å². The van der Waals surface area contributed by atoms with Gasteiger partial charge < -0.3 is 10.9 Å². The summed E-state index contributed by atoms with van der Waals surface area (Å²) in [6.45, 7) is 1.94. The van der Waals surface area contributed by atoms with Crippen LogP contribution in [0.1, 0.15) is 11.1 Å². The molecule has 0 saturated carbocycles. The Morgan fingerprint density at radius 2 is 1.95 bits per heavy atom. The van der Waals surface area contributed by atoms with E-state index in [1.807, 2.05) is 37.3 Å². The van der Waals surface area contributed by atoms with Crippen molar-refractivity contribution in [3.63, 3.8) is 0 Å². The van der Waals surface area contributed by atoms with Gasteiger partial charge in [-0.15, -0.1) is 0 Å². The van der Waals surface area contributed by atoms with Crippen molar-refractivity contribution in [2.45, 2.75) is 16.7 Å². The van der Waals surface area contributed by atoms with Crippen LogP contribution in [0.4, 0.5) is 0 Å². The van der Waals surface area contributed by atoms with Crippen molar-refractivity contribution in [2.24, 2.45) is 10.9 Å². The largest absolute Gasteiger partial charge is 0.409 e. The van der Waals surface area contributed by atoms with Gasteiger partial charge in [0.25, 0.3) is 0 Å². The predicted molar refractivity (Wildman–Crippen MR) is 82.0 cm³/mol. The highest BCUT2D eigenvalue weighted by atomic mass is 79.9. The highest BCUT2D eigenvalue weighted by molar-refractivity contribution is 9.10. The zero-order valence-electron chi connectivity index (χ0n) is 10.3. The van der Waals surface area contributed by atoms with Crippen LogP contribution in [0.15, 0.2) is 61.9 Å². The molecule has 0 saturated heterocycles. The average Bonchev–Trinajstić information content (AvgIpc) is 2.38. The number of rotatable bonds is 3. The Balaban J connectivity index is 2.26. The van der Waals surface area contributed by atoms with E-state index in [9.17, 15) is 0 Å². The SMILES string of the molecule is Cc1cc(Sc2cccc(Br)c2)ccc1/C(N)=N/O. The van der Waals surface area contributed by atoms with E-state index in [2.05, 4.69) is 33.2 Å². The predicted octanol–water partition coefficient (Wildman–Crippen LogP) is 4.00. The third kappa shape index (κ3) is 3.52. The number of hydrogen-bond acceptors (Lipinski definition) is 3. The summed E-state index contributed by atoms with van der Waals surface area (Å²) in [5, 5.41) is 11.7. The summed E-state index contributed by atoms with van der Waals surface area (Å²) in [7, 11) is 0. The Labute approximate surface area is 124 Å². The van der Waals surface area contributed by atoms with E-state index in [-0.39, 0.29) is 5.84 Å². The lowest BCUT2D eigenvalue weighted by atomic mass is 10.1. The van der Waals surface area contributed by atoms with Crippen molar-refractivity contribution in [3.8, 4) is 0 Å². The summed E-state index contributed by atoms with van der Waals surface area (Å²) in [5.74, 6) is 0.136. The Kier molecular flexibility index (Phi) is 4.50. The van der Waals surface area contributed by atoms with E-state index < -0.39 is 0 Å². The molecule has 3 nitrogen and oxygen atoms in total. The molecule has 2 rings (SSSR count). The van der Waals surface area contributed by atoms with Crippen LogP contribution in [-0.2, 0) is 0 Å². The third-order valence-corrected chi connectivity index (χ3v) is 4.09. The fraction of sp³-hybridized carbons (Fsp3) is 0.0714. The summed E-state index contributed by atoms with van der Waals surface area (Å²) in [5.41, 5.74) is 7.34. The maximum atomic E-state index is 8.70. The first-order valence-electron chi connectivity index (χ1n) is 5.62. The monoisotopic (exact) mass is 336 g/mol. The topological polar surface area (TPSA) is 58.6 Å². The Hall–Kier alpha value is -1.46. The van der Waals surface area contributed by atoms with Crippen molar-refractivity contribution < 1.29 is 5.21 Å². The molecule has 3 N–H and O–H groups in total. The molecule has 2 aromatic rings. The Morgan fingerprint density at radius 3 is 2.58 bits per heavy atom. The molecule has 0 fully saturated rings. The molecule has 0 atom stereocenters. The van der Waals surface area contributed by atoms with Crippen molar-refractivity contribution in [3.05, 3.63) is 58.1 Å². The van der Waals surface area contributed by atoms with Crippen LogP contribution < -0.4 is 5.73 Å². The summed E-state index contributed by atoms with van der Waals surface area (Å²) in [6, 6.07) is 14.0. The van der Waals surface area contributed by atoms with Crippen molar-refractivity contribution in [1.29, 1.82) is 0 Å². The molecular formula is C14H13BrN2OS. The number of hydrogen-bond donors (Lipinski definition) is 2. The lowest BCUT2D eigenvalue weighted by Crippen LogP contribution is -2.14. The van der Waals surface area contributed by atoms with E-state index >= 15 is 0 Å². The number of oxime groups is 1. The molecule has 2 aromatic carbocycles. The number of nitrogens with zero attached hydrogens (tertiary/aromatic N) is 1. The lowest BCUT2D eigenvalue weighted by Gasteiger charge is -2.07. The zero-order chi connectivity index (χ0) is 13.8. The number of aryl methyl sites for hydroxylation is 1. The molecule has 0 unspecified atom stereocenters. The van der Waals surface area contributed by atoms with Gasteiger partial charge >= 0.3 is 0 Å². The number of amidine groups is 1.